The molecule has 0 bridgehead atoms. The fourth-order valence-electron chi connectivity index (χ4n) is 4.03. The Morgan fingerprint density at radius 1 is 1.03 bits per heavy atom. The van der Waals surface area contributed by atoms with Crippen LogP contribution in [-0.2, 0) is 6.54 Å². The summed E-state index contributed by atoms with van der Waals surface area (Å²) in [6, 6.07) is 24.2. The molecule has 0 fully saturated rings. The Labute approximate surface area is 184 Å². The van der Waals surface area contributed by atoms with Crippen LogP contribution in [0, 0.1) is 12.7 Å². The summed E-state index contributed by atoms with van der Waals surface area (Å²) >= 11 is 0. The molecular formula is C26H21FN4O. The summed E-state index contributed by atoms with van der Waals surface area (Å²) in [5.74, 6) is -0.237. The second kappa shape index (κ2) is 8.15. The molecule has 5 aromatic rings. The highest BCUT2D eigenvalue weighted by molar-refractivity contribution is 6.13. The molecule has 0 aliphatic carbocycles. The number of nitrogens with one attached hydrogen (secondary N) is 2. The molecule has 32 heavy (non-hydrogen) atoms. The standard InChI is InChI=1S/C26H21FN4O/c1-17-24(19-10-7-11-20(27)14-19)25(30-29-17)28-26(32)22-16-31(15-18-8-3-2-4-9-18)23-13-6-5-12-21(22)23/h2-14,16H,15H2,1H3,(H2,28,29,30,32). The predicted molar refractivity (Wildman–Crippen MR) is 124 cm³/mol. The second-order valence-electron chi connectivity index (χ2n) is 7.71. The highest BCUT2D eigenvalue weighted by atomic mass is 19.1. The minimum atomic E-state index is -0.343. The van der Waals surface area contributed by atoms with E-state index >= 15 is 0 Å². The first-order valence-corrected chi connectivity index (χ1v) is 10.3. The summed E-state index contributed by atoms with van der Waals surface area (Å²) in [5, 5.41) is 10.9. The van der Waals surface area contributed by atoms with Crippen LogP contribution in [-0.4, -0.2) is 20.7 Å². The van der Waals surface area contributed by atoms with Gasteiger partial charge in [-0.2, -0.15) is 5.10 Å². The van der Waals surface area contributed by atoms with Crippen LogP contribution < -0.4 is 5.32 Å². The fraction of sp³-hybridized carbons (Fsp3) is 0.0769. The number of anilines is 1. The number of carbonyl (C=O) groups excluding carboxylic acids is 1. The van der Waals surface area contributed by atoms with Crippen molar-refractivity contribution in [2.24, 2.45) is 0 Å². The molecule has 5 nitrogen and oxygen atoms in total. The first kappa shape index (κ1) is 19.8. The first-order chi connectivity index (χ1) is 15.6. The van der Waals surface area contributed by atoms with E-state index in [0.29, 0.717) is 29.1 Å². The van der Waals surface area contributed by atoms with Gasteiger partial charge in [-0.3, -0.25) is 9.89 Å². The van der Waals surface area contributed by atoms with E-state index in [1.807, 2.05) is 55.6 Å². The van der Waals surface area contributed by atoms with E-state index in [-0.39, 0.29) is 11.7 Å². The zero-order valence-electron chi connectivity index (χ0n) is 17.5. The highest BCUT2D eigenvalue weighted by Crippen LogP contribution is 2.31. The summed E-state index contributed by atoms with van der Waals surface area (Å²) in [6.07, 6.45) is 1.87. The maximum absolute atomic E-state index is 13.8. The number of aryl methyl sites for hydroxylation is 1. The Kier molecular flexibility index (Phi) is 5.03. The molecule has 0 aliphatic rings. The number of benzene rings is 3. The molecular weight excluding hydrogens is 403 g/mol. The fourth-order valence-corrected chi connectivity index (χ4v) is 4.03. The zero-order chi connectivity index (χ0) is 22.1. The van der Waals surface area contributed by atoms with E-state index in [1.54, 1.807) is 12.1 Å². The average Bonchev–Trinajstić information content (AvgIpc) is 3.35. The maximum atomic E-state index is 13.8. The summed E-state index contributed by atoms with van der Waals surface area (Å²) < 4.78 is 15.9. The molecule has 2 heterocycles. The molecule has 5 rings (SSSR count). The number of hydrogen-bond donors (Lipinski definition) is 2. The SMILES string of the molecule is Cc1[nH]nc(NC(=O)c2cn(Cc3ccccc3)c3ccccc23)c1-c1cccc(F)c1. The lowest BCUT2D eigenvalue weighted by Crippen LogP contribution is -2.12. The van der Waals surface area contributed by atoms with Crippen LogP contribution in [0.1, 0.15) is 21.6 Å². The van der Waals surface area contributed by atoms with E-state index in [9.17, 15) is 9.18 Å². The summed E-state index contributed by atoms with van der Waals surface area (Å²) in [7, 11) is 0. The Bertz CT molecular complexity index is 1420. The molecule has 0 saturated heterocycles. The van der Waals surface area contributed by atoms with Crippen molar-refractivity contribution in [1.82, 2.24) is 14.8 Å². The Morgan fingerprint density at radius 2 is 1.81 bits per heavy atom. The van der Waals surface area contributed by atoms with E-state index in [4.69, 9.17) is 0 Å². The second-order valence-corrected chi connectivity index (χ2v) is 7.71. The van der Waals surface area contributed by atoms with Crippen LogP contribution in [0.25, 0.3) is 22.0 Å². The van der Waals surface area contributed by atoms with Crippen LogP contribution >= 0.6 is 0 Å². The van der Waals surface area contributed by atoms with Gasteiger partial charge in [0.2, 0.25) is 0 Å². The zero-order valence-corrected chi connectivity index (χ0v) is 17.5. The molecule has 0 unspecified atom stereocenters. The lowest BCUT2D eigenvalue weighted by atomic mass is 10.1. The number of halogens is 1. The molecule has 6 heteroatoms. The number of aromatic amines is 1. The van der Waals surface area contributed by atoms with E-state index < -0.39 is 0 Å². The largest absolute Gasteiger partial charge is 0.342 e. The van der Waals surface area contributed by atoms with E-state index in [1.165, 1.54) is 12.1 Å². The van der Waals surface area contributed by atoms with Gasteiger partial charge in [-0.15, -0.1) is 0 Å². The third-order valence-corrected chi connectivity index (χ3v) is 5.52. The van der Waals surface area contributed by atoms with Gasteiger partial charge in [0.05, 0.1) is 5.56 Å². The van der Waals surface area contributed by atoms with Crippen molar-refractivity contribution < 1.29 is 9.18 Å². The van der Waals surface area contributed by atoms with Crippen LogP contribution in [0.5, 0.6) is 0 Å². The third kappa shape index (κ3) is 3.67. The Hall–Kier alpha value is -4.19. The van der Waals surface area contributed by atoms with Crippen LogP contribution in [0.2, 0.25) is 0 Å². The van der Waals surface area contributed by atoms with Crippen LogP contribution in [0.4, 0.5) is 10.2 Å². The average molecular weight is 424 g/mol. The summed E-state index contributed by atoms with van der Waals surface area (Å²) in [4.78, 5) is 13.3. The van der Waals surface area contributed by atoms with E-state index in [0.717, 1.165) is 22.2 Å². The van der Waals surface area contributed by atoms with Gasteiger partial charge in [-0.1, -0.05) is 60.7 Å². The lowest BCUT2D eigenvalue weighted by molar-refractivity contribution is 0.102. The van der Waals surface area contributed by atoms with Crippen LogP contribution in [0.3, 0.4) is 0 Å². The van der Waals surface area contributed by atoms with Gasteiger partial charge in [0.15, 0.2) is 5.82 Å². The molecule has 0 atom stereocenters. The van der Waals surface area contributed by atoms with Gasteiger partial charge in [0, 0.05) is 34.9 Å². The van der Waals surface area contributed by atoms with Crippen molar-refractivity contribution in [3.8, 4) is 11.1 Å². The number of H-pyrrole nitrogens is 1. The number of aromatic nitrogens is 3. The van der Waals surface area contributed by atoms with Crippen LogP contribution in [0.15, 0.2) is 85.1 Å². The highest BCUT2D eigenvalue weighted by Gasteiger charge is 2.19. The lowest BCUT2D eigenvalue weighted by Gasteiger charge is -2.06. The van der Waals surface area contributed by atoms with Gasteiger partial charge < -0.3 is 9.88 Å². The Morgan fingerprint density at radius 3 is 2.62 bits per heavy atom. The predicted octanol–water partition coefficient (Wildman–Crippen LogP) is 5.78. The number of carbonyl (C=O) groups is 1. The molecule has 0 aliphatic heterocycles. The number of rotatable bonds is 5. The minimum Gasteiger partial charge on any atom is -0.342 e. The topological polar surface area (TPSA) is 62.7 Å². The van der Waals surface area contributed by atoms with Crippen molar-refractivity contribution in [3.63, 3.8) is 0 Å². The Balaban J connectivity index is 1.51. The number of amides is 1. The summed E-state index contributed by atoms with van der Waals surface area (Å²) in [6.45, 7) is 2.50. The van der Waals surface area contributed by atoms with Gasteiger partial charge in [-0.05, 0) is 36.2 Å². The van der Waals surface area contributed by atoms with Gasteiger partial charge in [-0.25, -0.2) is 4.39 Å². The van der Waals surface area contributed by atoms with Crippen molar-refractivity contribution in [2.75, 3.05) is 5.32 Å². The molecule has 2 N–H and O–H groups in total. The van der Waals surface area contributed by atoms with Crippen molar-refractivity contribution in [1.29, 1.82) is 0 Å². The number of fused-ring (bicyclic) bond motifs is 1. The molecule has 158 valence electrons. The van der Waals surface area contributed by atoms with Gasteiger partial charge >= 0.3 is 0 Å². The first-order valence-electron chi connectivity index (χ1n) is 10.3. The molecule has 3 aromatic carbocycles. The molecule has 2 aromatic heterocycles. The normalized spacial score (nSPS) is 11.1. The number of para-hydroxylation sites is 1. The minimum absolute atomic E-state index is 0.267. The smallest absolute Gasteiger partial charge is 0.259 e. The van der Waals surface area contributed by atoms with Gasteiger partial charge in [0.1, 0.15) is 5.82 Å². The van der Waals surface area contributed by atoms with E-state index in [2.05, 4.69) is 32.2 Å². The summed E-state index contributed by atoms with van der Waals surface area (Å²) in [5.41, 5.74) is 4.75. The third-order valence-electron chi connectivity index (χ3n) is 5.52. The number of hydrogen-bond acceptors (Lipinski definition) is 2. The molecule has 1 amide bonds. The van der Waals surface area contributed by atoms with Crippen molar-refractivity contribution >= 4 is 22.6 Å². The van der Waals surface area contributed by atoms with Crippen molar-refractivity contribution in [2.45, 2.75) is 13.5 Å². The quantitative estimate of drug-likeness (QED) is 0.376. The molecule has 0 radical (unpaired) electrons. The van der Waals surface area contributed by atoms with Crippen molar-refractivity contribution in [3.05, 3.63) is 108 Å². The monoisotopic (exact) mass is 424 g/mol. The number of nitrogens with zero attached hydrogens (tertiary/aromatic N) is 2. The maximum Gasteiger partial charge on any atom is 0.259 e. The molecule has 0 spiro atoms. The van der Waals surface area contributed by atoms with Gasteiger partial charge in [0.25, 0.3) is 5.91 Å². The molecule has 0 saturated carbocycles.